The van der Waals surface area contributed by atoms with Gasteiger partial charge in [-0.05, 0) is 81.5 Å². The summed E-state index contributed by atoms with van der Waals surface area (Å²) in [5.74, 6) is 0. The summed E-state index contributed by atoms with van der Waals surface area (Å²) in [5, 5.41) is 40.9. The molecule has 0 unspecified atom stereocenters. The molecular weight excluding hydrogens is 526 g/mol. The van der Waals surface area contributed by atoms with E-state index in [1.54, 1.807) is 12.2 Å². The highest BCUT2D eigenvalue weighted by Crippen LogP contribution is 2.42. The second kappa shape index (κ2) is 11.0. The third-order valence-corrected chi connectivity index (χ3v) is 7.82. The molecule has 4 aromatic rings. The molecule has 5 heteroatoms. The molecule has 1 aromatic heterocycles. The van der Waals surface area contributed by atoms with Crippen LogP contribution >= 0.6 is 0 Å². The van der Waals surface area contributed by atoms with Crippen LogP contribution in [0.25, 0.3) is 39.6 Å². The van der Waals surface area contributed by atoms with Crippen LogP contribution in [0.4, 0.5) is 0 Å². The number of nitriles is 4. The van der Waals surface area contributed by atoms with E-state index < -0.39 is 0 Å². The lowest BCUT2D eigenvalue weighted by atomic mass is 9.83. The van der Waals surface area contributed by atoms with E-state index in [2.05, 4.69) is 115 Å². The molecule has 0 aliphatic heterocycles. The summed E-state index contributed by atoms with van der Waals surface area (Å²) in [6.07, 6.45) is 3.32. The van der Waals surface area contributed by atoms with Crippen molar-refractivity contribution < 1.29 is 0 Å². The van der Waals surface area contributed by atoms with Crippen molar-refractivity contribution in [3.05, 3.63) is 87.5 Å². The topological polar surface area (TPSA) is 100 Å². The first-order valence-electron chi connectivity index (χ1n) is 14.4. The minimum absolute atomic E-state index is 0.0130. The molecule has 0 saturated heterocycles. The molecule has 1 heterocycles. The van der Waals surface area contributed by atoms with Gasteiger partial charge in [-0.2, -0.15) is 21.0 Å². The zero-order valence-corrected chi connectivity index (χ0v) is 26.5. The molecule has 0 radical (unpaired) electrons. The monoisotopic (exact) mass is 563 g/mol. The van der Waals surface area contributed by atoms with Crippen LogP contribution in [0.3, 0.4) is 0 Å². The third-order valence-electron chi connectivity index (χ3n) is 7.82. The molecule has 0 bridgehead atoms. The van der Waals surface area contributed by atoms with E-state index in [1.165, 1.54) is 5.56 Å². The van der Waals surface area contributed by atoms with Gasteiger partial charge in [0.25, 0.3) is 0 Å². The maximum atomic E-state index is 9.73. The van der Waals surface area contributed by atoms with Crippen molar-refractivity contribution in [3.63, 3.8) is 0 Å². The molecule has 0 fully saturated rings. The summed E-state index contributed by atoms with van der Waals surface area (Å²) in [5.41, 5.74) is 7.01. The minimum atomic E-state index is -0.210. The van der Waals surface area contributed by atoms with Crippen molar-refractivity contribution in [2.45, 2.75) is 78.6 Å². The average Bonchev–Trinajstić information content (AvgIpc) is 3.28. The quantitative estimate of drug-likeness (QED) is 0.232. The molecule has 0 spiro atoms. The highest BCUT2D eigenvalue weighted by atomic mass is 15.0. The predicted molar refractivity (Wildman–Crippen MR) is 175 cm³/mol. The summed E-state index contributed by atoms with van der Waals surface area (Å²) in [6, 6.07) is 25.1. The van der Waals surface area contributed by atoms with Gasteiger partial charge in [0.15, 0.2) is 0 Å². The van der Waals surface area contributed by atoms with Crippen LogP contribution in [-0.2, 0) is 16.2 Å². The molecule has 4 rings (SSSR count). The normalized spacial score (nSPS) is 11.7. The Morgan fingerprint density at radius 2 is 0.884 bits per heavy atom. The maximum absolute atomic E-state index is 9.73. The summed E-state index contributed by atoms with van der Waals surface area (Å²) in [6.45, 7) is 19.4. The van der Waals surface area contributed by atoms with E-state index in [-0.39, 0.29) is 27.4 Å². The van der Waals surface area contributed by atoms with Gasteiger partial charge in [-0.1, -0.05) is 74.4 Å². The molecule has 0 atom stereocenters. The molecule has 43 heavy (non-hydrogen) atoms. The molecule has 3 aromatic carbocycles. The Morgan fingerprint density at radius 1 is 0.535 bits per heavy atom. The Labute approximate surface area is 255 Å². The summed E-state index contributed by atoms with van der Waals surface area (Å²) >= 11 is 0. The largest absolute Gasteiger partial charge is 0.308 e. The first-order valence-corrected chi connectivity index (χ1v) is 14.4. The van der Waals surface area contributed by atoms with Gasteiger partial charge in [0.05, 0.1) is 11.0 Å². The fraction of sp³-hybridized carbons (Fsp3) is 0.316. The Morgan fingerprint density at radius 3 is 1.19 bits per heavy atom. The van der Waals surface area contributed by atoms with Gasteiger partial charge in [0, 0.05) is 27.6 Å². The lowest BCUT2D eigenvalue weighted by Gasteiger charge is -2.21. The van der Waals surface area contributed by atoms with Gasteiger partial charge in [-0.15, -0.1) is 0 Å². The highest BCUT2D eigenvalue weighted by molar-refractivity contribution is 6.14. The van der Waals surface area contributed by atoms with Crippen molar-refractivity contribution in [1.82, 2.24) is 4.57 Å². The summed E-state index contributed by atoms with van der Waals surface area (Å²) in [7, 11) is 0. The first-order chi connectivity index (χ1) is 20.0. The van der Waals surface area contributed by atoms with Crippen LogP contribution in [0.5, 0.6) is 0 Å². The van der Waals surface area contributed by atoms with Crippen molar-refractivity contribution >= 4 is 34.0 Å². The zero-order chi connectivity index (χ0) is 31.9. The van der Waals surface area contributed by atoms with E-state index in [1.807, 2.05) is 24.3 Å². The number of aromatic nitrogens is 1. The predicted octanol–water partition coefficient (Wildman–Crippen LogP) is 9.54. The molecule has 0 saturated carbocycles. The van der Waals surface area contributed by atoms with E-state index in [9.17, 15) is 21.0 Å². The Kier molecular flexibility index (Phi) is 7.86. The summed E-state index contributed by atoms with van der Waals surface area (Å²) < 4.78 is 2.15. The molecule has 0 amide bonds. The Hall–Kier alpha value is -5.10. The van der Waals surface area contributed by atoms with E-state index in [0.717, 1.165) is 49.7 Å². The van der Waals surface area contributed by atoms with Crippen LogP contribution in [0, 0.1) is 45.3 Å². The zero-order valence-electron chi connectivity index (χ0n) is 26.5. The number of hydrogen-bond donors (Lipinski definition) is 0. The highest BCUT2D eigenvalue weighted by Gasteiger charge is 2.25. The van der Waals surface area contributed by atoms with E-state index in [0.29, 0.717) is 0 Å². The SMILES string of the molecule is CC(C)(C)c1ccc(-n2c3c(C=C(C#N)C#N)cc(C(C)(C)C)cc3c3cc(C(C)(C)C)cc(C=C(C#N)C#N)c32)cc1. The second-order valence-corrected chi connectivity index (χ2v) is 14.1. The smallest absolute Gasteiger partial charge is 0.130 e. The fourth-order valence-electron chi connectivity index (χ4n) is 5.28. The van der Waals surface area contributed by atoms with Gasteiger partial charge in [0.1, 0.15) is 35.4 Å². The number of allylic oxidation sites excluding steroid dienone is 2. The van der Waals surface area contributed by atoms with Gasteiger partial charge < -0.3 is 4.57 Å². The van der Waals surface area contributed by atoms with Gasteiger partial charge in [-0.3, -0.25) is 0 Å². The minimum Gasteiger partial charge on any atom is -0.308 e. The second-order valence-electron chi connectivity index (χ2n) is 14.1. The van der Waals surface area contributed by atoms with Crippen LogP contribution in [0.1, 0.15) is 90.1 Å². The summed E-state index contributed by atoms with van der Waals surface area (Å²) in [4.78, 5) is 0. The molecule has 5 nitrogen and oxygen atoms in total. The van der Waals surface area contributed by atoms with Crippen LogP contribution in [-0.4, -0.2) is 4.57 Å². The number of fused-ring (bicyclic) bond motifs is 3. The van der Waals surface area contributed by atoms with Crippen molar-refractivity contribution in [2.75, 3.05) is 0 Å². The molecule has 0 aliphatic carbocycles. The average molecular weight is 564 g/mol. The Bertz CT molecular complexity index is 1830. The van der Waals surface area contributed by atoms with Crippen molar-refractivity contribution in [2.24, 2.45) is 0 Å². The standard InChI is InChI=1S/C38H37N5/c1-36(2,3)28-10-12-31(13-11-28)43-34-26(14-24(20-39)21-40)16-29(37(4,5)6)18-32(34)33-19-30(38(7,8)9)17-27(35(33)43)15-25(22-41)23-42/h10-19H,1-9H3. The number of nitrogens with zero attached hydrogens (tertiary/aromatic N) is 5. The van der Waals surface area contributed by atoms with E-state index in [4.69, 9.17) is 0 Å². The van der Waals surface area contributed by atoms with Gasteiger partial charge >= 0.3 is 0 Å². The lowest BCUT2D eigenvalue weighted by molar-refractivity contribution is 0.590. The van der Waals surface area contributed by atoms with E-state index >= 15 is 0 Å². The van der Waals surface area contributed by atoms with Gasteiger partial charge in [0.2, 0.25) is 0 Å². The molecular formula is C38H37N5. The van der Waals surface area contributed by atoms with Crippen LogP contribution in [0.15, 0.2) is 59.7 Å². The number of rotatable bonds is 3. The molecule has 0 aliphatic rings. The molecule has 214 valence electrons. The first kappa shape index (κ1) is 30.8. The lowest BCUT2D eigenvalue weighted by Crippen LogP contribution is -2.12. The molecule has 0 N–H and O–H groups in total. The van der Waals surface area contributed by atoms with Crippen molar-refractivity contribution in [1.29, 1.82) is 21.0 Å². The Balaban J connectivity index is 2.38. The third kappa shape index (κ3) is 5.95. The van der Waals surface area contributed by atoms with Crippen molar-refractivity contribution in [3.8, 4) is 30.0 Å². The van der Waals surface area contributed by atoms with Gasteiger partial charge in [-0.25, -0.2) is 0 Å². The van der Waals surface area contributed by atoms with Crippen LogP contribution < -0.4 is 0 Å². The van der Waals surface area contributed by atoms with Crippen LogP contribution in [0.2, 0.25) is 0 Å². The number of benzene rings is 3. The maximum Gasteiger partial charge on any atom is 0.130 e. The number of hydrogen-bond acceptors (Lipinski definition) is 4. The fourth-order valence-corrected chi connectivity index (χ4v) is 5.28.